The zero-order chi connectivity index (χ0) is 14.4. The lowest BCUT2D eigenvalue weighted by molar-refractivity contribution is -0.118. The number of phenolic OH excluding ortho intramolecular Hbond substituents is 1. The average molecular weight is 298 g/mol. The van der Waals surface area contributed by atoms with Gasteiger partial charge in [0.2, 0.25) is 0 Å². The van der Waals surface area contributed by atoms with Gasteiger partial charge in [-0.3, -0.25) is 4.79 Å². The highest BCUT2D eigenvalue weighted by atomic mass is 32.2. The molecule has 2 aliphatic heterocycles. The van der Waals surface area contributed by atoms with Crippen LogP contribution in [0.4, 0.5) is 0 Å². The fourth-order valence-electron chi connectivity index (χ4n) is 3.07. The first-order valence-corrected chi connectivity index (χ1v) is 7.94. The molecule has 2 heterocycles. The largest absolute Gasteiger partial charge is 0.508 e. The van der Waals surface area contributed by atoms with Crippen molar-refractivity contribution in [2.24, 2.45) is 15.9 Å². The van der Waals surface area contributed by atoms with Crippen LogP contribution in [0.15, 0.2) is 44.7 Å². The van der Waals surface area contributed by atoms with Crippen molar-refractivity contribution in [3.8, 4) is 5.75 Å². The molecular weight excluding hydrogens is 284 g/mol. The first-order chi connectivity index (χ1) is 10.2. The van der Waals surface area contributed by atoms with Crippen molar-refractivity contribution in [2.45, 2.75) is 25.7 Å². The first-order valence-electron chi connectivity index (χ1n) is 7.12. The van der Waals surface area contributed by atoms with E-state index in [1.54, 1.807) is 30.0 Å². The second-order valence-electron chi connectivity index (χ2n) is 5.46. The third-order valence-corrected chi connectivity index (χ3v) is 5.31. The number of nitrogens with zero attached hydrogens (tertiary/aromatic N) is 2. The molecule has 1 amide bonds. The summed E-state index contributed by atoms with van der Waals surface area (Å²) >= 11 is 1.65. The Balaban J connectivity index is 1.72. The Bertz CT molecular complexity index is 734. The van der Waals surface area contributed by atoms with Gasteiger partial charge in [-0.1, -0.05) is 23.9 Å². The average Bonchev–Trinajstić information content (AvgIpc) is 2.86. The number of carbonyl (C=O) groups is 1. The van der Waals surface area contributed by atoms with Gasteiger partial charge in [-0.15, -0.1) is 0 Å². The summed E-state index contributed by atoms with van der Waals surface area (Å²) in [7, 11) is 0. The number of amidine groups is 1. The van der Waals surface area contributed by atoms with Crippen molar-refractivity contribution >= 4 is 28.5 Å². The minimum absolute atomic E-state index is 0.113. The number of aliphatic imine (C=N–C) groups is 2. The highest BCUT2D eigenvalue weighted by molar-refractivity contribution is 8.17. The Hall–Kier alpha value is -1.88. The Kier molecular flexibility index (Phi) is 2.96. The number of carbonyl (C=O) groups excluding carboxylic acids is 1. The van der Waals surface area contributed by atoms with E-state index in [-0.39, 0.29) is 17.6 Å². The molecule has 3 aliphatic rings. The summed E-state index contributed by atoms with van der Waals surface area (Å²) in [6.07, 6.45) is 4.40. The van der Waals surface area contributed by atoms with Gasteiger partial charge in [0, 0.05) is 5.56 Å². The molecule has 0 aromatic heterocycles. The van der Waals surface area contributed by atoms with Crippen LogP contribution in [0.25, 0.3) is 0 Å². The number of rotatable bonds is 1. The molecule has 0 saturated carbocycles. The molecule has 21 heavy (non-hydrogen) atoms. The van der Waals surface area contributed by atoms with Gasteiger partial charge in [-0.05, 0) is 48.3 Å². The molecule has 1 aromatic carbocycles. The Morgan fingerprint density at radius 3 is 2.90 bits per heavy atom. The smallest absolute Gasteiger partial charge is 0.261 e. The Morgan fingerprint density at radius 1 is 1.19 bits per heavy atom. The summed E-state index contributed by atoms with van der Waals surface area (Å²) in [5, 5.41) is 10.4. The van der Waals surface area contributed by atoms with Gasteiger partial charge in [0.05, 0.1) is 5.04 Å². The molecule has 1 atom stereocenters. The lowest BCUT2D eigenvalue weighted by atomic mass is 9.89. The topological polar surface area (TPSA) is 62.0 Å². The van der Waals surface area contributed by atoms with E-state index in [2.05, 4.69) is 9.98 Å². The summed E-state index contributed by atoms with van der Waals surface area (Å²) in [5.74, 6) is 0.222. The molecule has 4 nitrogen and oxygen atoms in total. The summed E-state index contributed by atoms with van der Waals surface area (Å²) in [6.45, 7) is 0. The third kappa shape index (κ3) is 2.12. The zero-order valence-electron chi connectivity index (χ0n) is 11.4. The second kappa shape index (κ2) is 4.84. The third-order valence-electron chi connectivity index (χ3n) is 4.06. The highest BCUT2D eigenvalue weighted by Crippen LogP contribution is 2.47. The molecule has 0 radical (unpaired) electrons. The van der Waals surface area contributed by atoms with Crippen molar-refractivity contribution in [1.82, 2.24) is 0 Å². The van der Waals surface area contributed by atoms with E-state index >= 15 is 0 Å². The molecule has 0 fully saturated rings. The van der Waals surface area contributed by atoms with Crippen LogP contribution < -0.4 is 0 Å². The van der Waals surface area contributed by atoms with Crippen molar-refractivity contribution in [3.05, 3.63) is 40.3 Å². The van der Waals surface area contributed by atoms with Crippen LogP contribution in [-0.2, 0) is 4.79 Å². The number of hydrogen-bond acceptors (Lipinski definition) is 4. The van der Waals surface area contributed by atoms with Gasteiger partial charge in [-0.25, -0.2) is 4.99 Å². The standard InChI is InChI=1S/C16H14N2O2S/c19-10-5-3-4-9(8-10)14-17-15(20)13-11-6-1-2-7-12(11)21-16(13)18-14/h3-5,8,13,19H,1-2,6-7H2. The molecule has 4 rings (SSSR count). The second-order valence-corrected chi connectivity index (χ2v) is 6.58. The van der Waals surface area contributed by atoms with Crippen LogP contribution in [0.2, 0.25) is 0 Å². The molecule has 106 valence electrons. The van der Waals surface area contributed by atoms with E-state index in [0.29, 0.717) is 11.4 Å². The van der Waals surface area contributed by atoms with Gasteiger partial charge in [-0.2, -0.15) is 4.99 Å². The molecule has 0 spiro atoms. The van der Waals surface area contributed by atoms with Gasteiger partial charge < -0.3 is 5.11 Å². The van der Waals surface area contributed by atoms with Crippen molar-refractivity contribution in [1.29, 1.82) is 0 Å². The van der Waals surface area contributed by atoms with E-state index in [1.807, 2.05) is 6.07 Å². The van der Waals surface area contributed by atoms with Crippen LogP contribution in [0.3, 0.4) is 0 Å². The maximum atomic E-state index is 12.4. The van der Waals surface area contributed by atoms with Gasteiger partial charge in [0.1, 0.15) is 11.7 Å². The number of phenols is 1. The zero-order valence-corrected chi connectivity index (χ0v) is 12.2. The Morgan fingerprint density at radius 2 is 2.05 bits per heavy atom. The predicted molar refractivity (Wildman–Crippen MR) is 83.7 cm³/mol. The summed E-state index contributed by atoms with van der Waals surface area (Å²) < 4.78 is 0. The van der Waals surface area contributed by atoms with Gasteiger partial charge >= 0.3 is 0 Å². The van der Waals surface area contributed by atoms with E-state index in [0.717, 1.165) is 24.3 Å². The number of fused-ring (bicyclic) bond motifs is 2. The summed E-state index contributed by atoms with van der Waals surface area (Å²) in [6, 6.07) is 6.72. The number of benzene rings is 1. The fourth-order valence-corrected chi connectivity index (χ4v) is 4.41. The SMILES string of the molecule is O=C1N=C(c2cccc(O)c2)N=C2SC3=C(CCCC3)C12. The number of aromatic hydroxyl groups is 1. The van der Waals surface area contributed by atoms with E-state index in [1.165, 1.54) is 16.9 Å². The lowest BCUT2D eigenvalue weighted by Crippen LogP contribution is -2.26. The highest BCUT2D eigenvalue weighted by Gasteiger charge is 2.40. The summed E-state index contributed by atoms with van der Waals surface area (Å²) in [5.41, 5.74) is 1.92. The van der Waals surface area contributed by atoms with E-state index in [4.69, 9.17) is 0 Å². The normalized spacial score (nSPS) is 24.4. The minimum Gasteiger partial charge on any atom is -0.508 e. The molecular formula is C16H14N2O2S. The minimum atomic E-state index is -0.230. The Labute approximate surface area is 126 Å². The molecule has 0 saturated heterocycles. The number of amides is 1. The lowest BCUT2D eigenvalue weighted by Gasteiger charge is -2.18. The molecule has 1 aliphatic carbocycles. The quantitative estimate of drug-likeness (QED) is 0.865. The maximum Gasteiger partial charge on any atom is 0.261 e. The summed E-state index contributed by atoms with van der Waals surface area (Å²) in [4.78, 5) is 22.5. The van der Waals surface area contributed by atoms with Crippen LogP contribution in [-0.4, -0.2) is 21.9 Å². The fraction of sp³-hybridized carbons (Fsp3) is 0.312. The molecule has 1 N–H and O–H groups in total. The monoisotopic (exact) mass is 298 g/mol. The number of hydrogen-bond donors (Lipinski definition) is 1. The van der Waals surface area contributed by atoms with E-state index < -0.39 is 0 Å². The van der Waals surface area contributed by atoms with E-state index in [9.17, 15) is 9.90 Å². The molecule has 1 unspecified atom stereocenters. The molecule has 1 aromatic rings. The van der Waals surface area contributed by atoms with Crippen LogP contribution in [0.1, 0.15) is 31.2 Å². The van der Waals surface area contributed by atoms with Gasteiger partial charge in [0.25, 0.3) is 5.91 Å². The van der Waals surface area contributed by atoms with Crippen molar-refractivity contribution in [3.63, 3.8) is 0 Å². The van der Waals surface area contributed by atoms with Crippen LogP contribution in [0.5, 0.6) is 5.75 Å². The molecule has 0 bridgehead atoms. The van der Waals surface area contributed by atoms with Crippen LogP contribution in [0, 0.1) is 5.92 Å². The maximum absolute atomic E-state index is 12.4. The van der Waals surface area contributed by atoms with Crippen LogP contribution >= 0.6 is 11.8 Å². The first kappa shape index (κ1) is 12.8. The number of allylic oxidation sites excluding steroid dienone is 1. The number of thioether (sulfide) groups is 1. The van der Waals surface area contributed by atoms with Gasteiger partial charge in [0.15, 0.2) is 5.84 Å². The molecule has 5 heteroatoms. The predicted octanol–water partition coefficient (Wildman–Crippen LogP) is 3.27. The van der Waals surface area contributed by atoms with Crippen molar-refractivity contribution in [2.75, 3.05) is 0 Å². The van der Waals surface area contributed by atoms with Crippen molar-refractivity contribution < 1.29 is 9.90 Å².